The zero-order valence-corrected chi connectivity index (χ0v) is 23.9. The first-order valence-electron chi connectivity index (χ1n) is 15.4. The maximum Gasteiger partial charge on any atom is 0.330 e. The van der Waals surface area contributed by atoms with E-state index < -0.39 is 36.4 Å². The Labute approximate surface area is 242 Å². The minimum Gasteiger partial charge on any atom is -0.468 e. The van der Waals surface area contributed by atoms with E-state index in [-0.39, 0.29) is 31.3 Å². The van der Waals surface area contributed by atoms with Gasteiger partial charge in [0, 0.05) is 18.8 Å². The molecule has 2 aliphatic heterocycles. The van der Waals surface area contributed by atoms with E-state index in [2.05, 4.69) is 4.74 Å². The normalized spacial score (nSPS) is 33.6. The molecule has 0 amide bonds. The Morgan fingerprint density at radius 2 is 1.22 bits per heavy atom. The van der Waals surface area contributed by atoms with Gasteiger partial charge in [0.1, 0.15) is 12.2 Å². The minimum atomic E-state index is -0.537. The summed E-state index contributed by atoms with van der Waals surface area (Å²) in [6, 6.07) is 0. The van der Waals surface area contributed by atoms with Crippen LogP contribution in [-0.4, -0.2) is 86.6 Å². The molecule has 4 atom stereocenters. The Kier molecular flexibility index (Phi) is 13.1. The minimum absolute atomic E-state index is 0.204. The molecule has 41 heavy (non-hydrogen) atoms. The predicted molar refractivity (Wildman–Crippen MR) is 148 cm³/mol. The third-order valence-corrected chi connectivity index (χ3v) is 8.54. The molecular weight excluding hydrogens is 532 g/mol. The molecule has 0 aromatic carbocycles. The lowest BCUT2D eigenvalue weighted by Gasteiger charge is -2.26. The van der Waals surface area contributed by atoms with Gasteiger partial charge in [-0.25, -0.2) is 9.59 Å². The monoisotopic (exact) mass is 578 g/mol. The lowest BCUT2D eigenvalue weighted by molar-refractivity contribution is -0.149. The van der Waals surface area contributed by atoms with Gasteiger partial charge in [-0.05, 0) is 82.5 Å². The molecule has 0 radical (unpaired) electrons. The Balaban J connectivity index is 1.08. The Bertz CT molecular complexity index is 872. The van der Waals surface area contributed by atoms with Crippen LogP contribution in [0.5, 0.6) is 0 Å². The summed E-state index contributed by atoms with van der Waals surface area (Å²) >= 11 is 0. The van der Waals surface area contributed by atoms with E-state index in [9.17, 15) is 19.5 Å². The largest absolute Gasteiger partial charge is 0.468 e. The highest BCUT2D eigenvalue weighted by Gasteiger charge is 2.51. The van der Waals surface area contributed by atoms with Crippen LogP contribution in [0.3, 0.4) is 0 Å². The summed E-state index contributed by atoms with van der Waals surface area (Å²) in [5.41, 5.74) is 0. The first kappa shape index (κ1) is 31.7. The number of ether oxygens (including phenoxy) is 6. The molecule has 4 rings (SSSR count). The summed E-state index contributed by atoms with van der Waals surface area (Å²) in [5, 5.41) is 9.62. The first-order valence-corrected chi connectivity index (χ1v) is 15.4. The topological polar surface area (TPSA) is 127 Å². The molecule has 0 aromatic heterocycles. The van der Waals surface area contributed by atoms with E-state index in [1.54, 1.807) is 0 Å². The zero-order chi connectivity index (χ0) is 28.9. The number of carbonyl (C=O) groups is 3. The van der Waals surface area contributed by atoms with Crippen molar-refractivity contribution >= 4 is 18.4 Å². The summed E-state index contributed by atoms with van der Waals surface area (Å²) in [4.78, 5) is 35.0. The van der Waals surface area contributed by atoms with E-state index in [1.165, 1.54) is 12.2 Å². The molecule has 1 N–H and O–H groups in total. The van der Waals surface area contributed by atoms with Crippen molar-refractivity contribution in [1.29, 1.82) is 0 Å². The van der Waals surface area contributed by atoms with Crippen LogP contribution >= 0.6 is 0 Å². The fourth-order valence-corrected chi connectivity index (χ4v) is 6.12. The lowest BCUT2D eigenvalue weighted by Crippen LogP contribution is -2.35. The van der Waals surface area contributed by atoms with Gasteiger partial charge < -0.3 is 33.5 Å². The van der Waals surface area contributed by atoms with Crippen molar-refractivity contribution < 1.29 is 47.9 Å². The van der Waals surface area contributed by atoms with Gasteiger partial charge >= 0.3 is 11.9 Å². The van der Waals surface area contributed by atoms with E-state index in [0.717, 1.165) is 83.7 Å². The van der Waals surface area contributed by atoms with Crippen molar-refractivity contribution in [1.82, 2.24) is 0 Å². The molecule has 4 fully saturated rings. The third-order valence-electron chi connectivity index (χ3n) is 8.54. The number of esters is 2. The molecule has 4 unspecified atom stereocenters. The van der Waals surface area contributed by atoms with E-state index in [1.807, 2.05) is 12.2 Å². The molecule has 2 saturated heterocycles. The molecule has 230 valence electrons. The lowest BCUT2D eigenvalue weighted by atomic mass is 9.87. The highest BCUT2D eigenvalue weighted by Crippen LogP contribution is 2.32. The van der Waals surface area contributed by atoms with Gasteiger partial charge in [0.2, 0.25) is 0 Å². The molecule has 10 nitrogen and oxygen atoms in total. The first-order chi connectivity index (χ1) is 20.0. The van der Waals surface area contributed by atoms with E-state index >= 15 is 0 Å². The quantitative estimate of drug-likeness (QED) is 0.101. The average Bonchev–Trinajstić information content (AvgIpc) is 3.56. The SMILES string of the molecule is O=COCCCCCCOC1CCC(/C=C/C(=O)OC2COC3C(OC(=O)/C=C/C4CCC(O)CC4)COC23)CC1. The van der Waals surface area contributed by atoms with E-state index in [0.29, 0.717) is 19.0 Å². The number of unbranched alkanes of at least 4 members (excludes halogenated alkanes) is 3. The molecule has 0 spiro atoms. The number of hydrogen-bond donors (Lipinski definition) is 1. The fraction of sp³-hybridized carbons (Fsp3) is 0.774. The van der Waals surface area contributed by atoms with Crippen LogP contribution in [0.1, 0.15) is 77.0 Å². The molecule has 2 saturated carbocycles. The second-order valence-electron chi connectivity index (χ2n) is 11.6. The van der Waals surface area contributed by atoms with Crippen LogP contribution in [0.25, 0.3) is 0 Å². The molecule has 2 aliphatic carbocycles. The van der Waals surface area contributed by atoms with Gasteiger partial charge in [-0.1, -0.05) is 18.6 Å². The smallest absolute Gasteiger partial charge is 0.330 e. The van der Waals surface area contributed by atoms with Crippen LogP contribution in [-0.2, 0) is 42.8 Å². The summed E-state index contributed by atoms with van der Waals surface area (Å²) in [5.74, 6) is -0.244. The number of aliphatic hydroxyl groups is 1. The molecule has 2 heterocycles. The van der Waals surface area contributed by atoms with Gasteiger partial charge in [-0.3, -0.25) is 4.79 Å². The molecule has 0 aromatic rings. The number of carbonyl (C=O) groups excluding carboxylic acids is 3. The van der Waals surface area contributed by atoms with Crippen LogP contribution in [0.4, 0.5) is 0 Å². The second kappa shape index (κ2) is 17.0. The van der Waals surface area contributed by atoms with Crippen LogP contribution in [0, 0.1) is 11.8 Å². The second-order valence-corrected chi connectivity index (χ2v) is 11.6. The maximum absolute atomic E-state index is 12.5. The molecule has 4 aliphatic rings. The van der Waals surface area contributed by atoms with Crippen molar-refractivity contribution in [2.45, 2.75) is 114 Å². The van der Waals surface area contributed by atoms with Gasteiger partial charge in [0.25, 0.3) is 6.47 Å². The maximum atomic E-state index is 12.5. The van der Waals surface area contributed by atoms with Crippen LogP contribution in [0.15, 0.2) is 24.3 Å². The van der Waals surface area contributed by atoms with Gasteiger partial charge in [-0.15, -0.1) is 0 Å². The summed E-state index contributed by atoms with van der Waals surface area (Å²) in [6.45, 7) is 2.14. The van der Waals surface area contributed by atoms with Gasteiger partial charge in [0.05, 0.1) is 32.0 Å². The summed E-state index contributed by atoms with van der Waals surface area (Å²) in [6.07, 6.45) is 16.0. The Morgan fingerprint density at radius 1 is 0.707 bits per heavy atom. The number of rotatable bonds is 15. The molecule has 0 bridgehead atoms. The van der Waals surface area contributed by atoms with Crippen molar-refractivity contribution in [2.75, 3.05) is 26.4 Å². The van der Waals surface area contributed by atoms with Crippen LogP contribution in [0.2, 0.25) is 0 Å². The van der Waals surface area contributed by atoms with Crippen molar-refractivity contribution in [3.05, 3.63) is 24.3 Å². The van der Waals surface area contributed by atoms with Gasteiger partial charge in [0.15, 0.2) is 12.2 Å². The number of fused-ring (bicyclic) bond motifs is 1. The van der Waals surface area contributed by atoms with Gasteiger partial charge in [-0.2, -0.15) is 0 Å². The van der Waals surface area contributed by atoms with E-state index in [4.69, 9.17) is 23.7 Å². The predicted octanol–water partition coefficient (Wildman–Crippen LogP) is 3.58. The highest BCUT2D eigenvalue weighted by atomic mass is 16.7. The third kappa shape index (κ3) is 10.5. The molecule has 10 heteroatoms. The zero-order valence-electron chi connectivity index (χ0n) is 23.9. The summed E-state index contributed by atoms with van der Waals surface area (Å²) in [7, 11) is 0. The van der Waals surface area contributed by atoms with Crippen molar-refractivity contribution in [3.63, 3.8) is 0 Å². The number of aliphatic hydroxyl groups excluding tert-OH is 1. The highest BCUT2D eigenvalue weighted by molar-refractivity contribution is 5.82. The van der Waals surface area contributed by atoms with Crippen LogP contribution < -0.4 is 0 Å². The fourth-order valence-electron chi connectivity index (χ4n) is 6.12. The van der Waals surface area contributed by atoms with Crippen molar-refractivity contribution in [3.8, 4) is 0 Å². The number of hydrogen-bond acceptors (Lipinski definition) is 10. The van der Waals surface area contributed by atoms with Crippen molar-refractivity contribution in [2.24, 2.45) is 11.8 Å². The Morgan fingerprint density at radius 3 is 1.76 bits per heavy atom. The average molecular weight is 579 g/mol. The Hall–Kier alpha value is -2.27. The number of allylic oxidation sites excluding steroid dienone is 2. The summed E-state index contributed by atoms with van der Waals surface area (Å²) < 4.78 is 33.5. The standard InChI is InChI=1S/C31H46O10/c32-21-36-17-3-1-2-4-18-37-25-13-7-23(8-14-25)10-16-29(35)41-27-20-39-30-26(19-38-31(27)30)40-28(34)15-9-22-5-11-24(33)12-6-22/h9-10,15-16,21-27,30-31,33H,1-8,11-14,17-20H2/b15-9+,16-10+. The molecular formula is C31H46O10.